The standard InChI is InChI=1S/C39H43Cl2N3O7S/c1-4-51-32-18-16-31(17-19-32)44(52(47,48)33-20-21-36(49-2)37(24-33)50-3)26-38(45)43(25-28-14-15-29(40)23-34(28)41)35(22-27-10-6-5-7-11-27)39(46)42-30-12-8-9-13-30/h5-7,10-11,14-21,23-24,30,35H,4,8-9,12-13,22,25-26H2,1-3H3,(H,42,46). The van der Waals surface area contributed by atoms with Gasteiger partial charge in [-0.3, -0.25) is 13.9 Å². The fraction of sp³-hybridized carbons (Fsp3) is 0.333. The van der Waals surface area contributed by atoms with Gasteiger partial charge in [0.15, 0.2) is 11.5 Å². The summed E-state index contributed by atoms with van der Waals surface area (Å²) in [4.78, 5) is 30.4. The lowest BCUT2D eigenvalue weighted by Gasteiger charge is -2.34. The number of anilines is 1. The van der Waals surface area contributed by atoms with Crippen LogP contribution in [0.4, 0.5) is 5.69 Å². The number of hydrogen-bond donors (Lipinski definition) is 1. The molecule has 0 spiro atoms. The van der Waals surface area contributed by atoms with Crippen molar-refractivity contribution in [2.24, 2.45) is 0 Å². The van der Waals surface area contributed by atoms with Gasteiger partial charge < -0.3 is 24.4 Å². The second-order valence-corrected chi connectivity index (χ2v) is 15.1. The van der Waals surface area contributed by atoms with Gasteiger partial charge in [-0.2, -0.15) is 0 Å². The summed E-state index contributed by atoms with van der Waals surface area (Å²) in [6, 6.07) is 23.9. The molecule has 0 bridgehead atoms. The number of hydrogen-bond acceptors (Lipinski definition) is 7. The molecule has 1 aliphatic rings. The van der Waals surface area contributed by atoms with Crippen LogP contribution in [-0.4, -0.2) is 64.6 Å². The monoisotopic (exact) mass is 767 g/mol. The Labute approximate surface area is 315 Å². The number of ether oxygens (including phenoxy) is 3. The predicted molar refractivity (Wildman–Crippen MR) is 203 cm³/mol. The molecule has 1 unspecified atom stereocenters. The number of methoxy groups -OCH3 is 2. The van der Waals surface area contributed by atoms with Crippen LogP contribution in [-0.2, 0) is 32.6 Å². The van der Waals surface area contributed by atoms with E-state index in [-0.39, 0.29) is 41.2 Å². The maximum Gasteiger partial charge on any atom is 0.264 e. The van der Waals surface area contributed by atoms with E-state index in [1.807, 2.05) is 37.3 Å². The Hall–Kier alpha value is -4.45. The van der Waals surface area contributed by atoms with Crippen LogP contribution in [0, 0.1) is 0 Å². The lowest BCUT2D eigenvalue weighted by molar-refractivity contribution is -0.140. The SMILES string of the molecule is CCOc1ccc(N(CC(=O)N(Cc2ccc(Cl)cc2Cl)C(Cc2ccccc2)C(=O)NC2CCCC2)S(=O)(=O)c2ccc(OC)c(OC)c2)cc1. The number of carbonyl (C=O) groups is 2. The maximum atomic E-state index is 14.9. The van der Waals surface area contributed by atoms with Crippen LogP contribution >= 0.6 is 23.2 Å². The first-order chi connectivity index (χ1) is 25.0. The Morgan fingerprint density at radius 1 is 0.885 bits per heavy atom. The number of carbonyl (C=O) groups excluding carboxylic acids is 2. The lowest BCUT2D eigenvalue weighted by atomic mass is 10.0. The highest BCUT2D eigenvalue weighted by Gasteiger charge is 2.36. The van der Waals surface area contributed by atoms with Crippen molar-refractivity contribution in [1.82, 2.24) is 10.2 Å². The number of nitrogens with zero attached hydrogens (tertiary/aromatic N) is 2. The first-order valence-corrected chi connectivity index (χ1v) is 19.3. The zero-order chi connectivity index (χ0) is 37.3. The van der Waals surface area contributed by atoms with Gasteiger partial charge in [0.25, 0.3) is 10.0 Å². The van der Waals surface area contributed by atoms with Crippen LogP contribution in [0.15, 0.2) is 95.9 Å². The van der Waals surface area contributed by atoms with E-state index < -0.39 is 28.5 Å². The number of rotatable bonds is 16. The third-order valence-electron chi connectivity index (χ3n) is 8.99. The van der Waals surface area contributed by atoms with Crippen molar-refractivity contribution >= 4 is 50.7 Å². The number of sulfonamides is 1. The Morgan fingerprint density at radius 2 is 1.58 bits per heavy atom. The largest absolute Gasteiger partial charge is 0.494 e. The molecule has 4 aromatic rings. The van der Waals surface area contributed by atoms with E-state index >= 15 is 0 Å². The van der Waals surface area contributed by atoms with Gasteiger partial charge in [-0.25, -0.2) is 8.42 Å². The quantitative estimate of drug-likeness (QED) is 0.127. The normalized spacial score (nSPS) is 13.6. The van der Waals surface area contributed by atoms with Gasteiger partial charge in [0, 0.05) is 35.1 Å². The zero-order valence-corrected chi connectivity index (χ0v) is 31.7. The van der Waals surface area contributed by atoms with Crippen molar-refractivity contribution in [3.05, 3.63) is 112 Å². The highest BCUT2D eigenvalue weighted by Crippen LogP contribution is 2.33. The summed E-state index contributed by atoms with van der Waals surface area (Å²) in [6.07, 6.45) is 3.87. The third kappa shape index (κ3) is 9.50. The summed E-state index contributed by atoms with van der Waals surface area (Å²) >= 11 is 12.9. The van der Waals surface area contributed by atoms with Gasteiger partial charge in [-0.15, -0.1) is 0 Å². The van der Waals surface area contributed by atoms with Gasteiger partial charge >= 0.3 is 0 Å². The van der Waals surface area contributed by atoms with Crippen molar-refractivity contribution < 1.29 is 32.2 Å². The molecule has 0 radical (unpaired) electrons. The van der Waals surface area contributed by atoms with Gasteiger partial charge in [0.2, 0.25) is 11.8 Å². The number of benzene rings is 4. The molecule has 13 heteroatoms. The Kier molecular flexibility index (Phi) is 13.3. The molecule has 2 amide bonds. The Morgan fingerprint density at radius 3 is 2.21 bits per heavy atom. The molecule has 4 aromatic carbocycles. The van der Waals surface area contributed by atoms with Crippen LogP contribution < -0.4 is 23.8 Å². The van der Waals surface area contributed by atoms with Gasteiger partial charge in [0.1, 0.15) is 18.3 Å². The minimum atomic E-state index is -4.41. The molecule has 52 heavy (non-hydrogen) atoms. The van der Waals surface area contributed by atoms with E-state index in [4.69, 9.17) is 37.4 Å². The second kappa shape index (κ2) is 17.9. The molecule has 0 saturated heterocycles. The van der Waals surface area contributed by atoms with E-state index in [1.54, 1.807) is 42.5 Å². The lowest BCUT2D eigenvalue weighted by Crippen LogP contribution is -2.54. The molecule has 0 aromatic heterocycles. The highest BCUT2D eigenvalue weighted by atomic mass is 35.5. The van der Waals surface area contributed by atoms with E-state index in [0.717, 1.165) is 35.6 Å². The van der Waals surface area contributed by atoms with Crippen LogP contribution in [0.25, 0.3) is 0 Å². The second-order valence-electron chi connectivity index (χ2n) is 12.4. The molecular weight excluding hydrogens is 725 g/mol. The first-order valence-electron chi connectivity index (χ1n) is 17.1. The summed E-state index contributed by atoms with van der Waals surface area (Å²) in [5, 5.41) is 3.89. The van der Waals surface area contributed by atoms with Crippen molar-refractivity contribution in [3.63, 3.8) is 0 Å². The zero-order valence-electron chi connectivity index (χ0n) is 29.4. The van der Waals surface area contributed by atoms with Gasteiger partial charge in [-0.1, -0.05) is 72.4 Å². The van der Waals surface area contributed by atoms with E-state index in [9.17, 15) is 18.0 Å². The molecule has 1 aliphatic carbocycles. The average molecular weight is 769 g/mol. The molecule has 1 fully saturated rings. The molecule has 10 nitrogen and oxygen atoms in total. The minimum Gasteiger partial charge on any atom is -0.494 e. The van der Waals surface area contributed by atoms with Crippen molar-refractivity contribution in [2.45, 2.75) is 62.6 Å². The van der Waals surface area contributed by atoms with E-state index in [2.05, 4.69) is 5.32 Å². The molecule has 0 heterocycles. The highest BCUT2D eigenvalue weighted by molar-refractivity contribution is 7.92. The number of halogens is 2. The molecule has 276 valence electrons. The number of amides is 2. The van der Waals surface area contributed by atoms with E-state index in [0.29, 0.717) is 33.7 Å². The van der Waals surface area contributed by atoms with Crippen molar-refractivity contribution in [3.8, 4) is 17.2 Å². The molecule has 1 saturated carbocycles. The Balaban J connectivity index is 1.60. The van der Waals surface area contributed by atoms with Crippen LogP contribution in [0.2, 0.25) is 10.0 Å². The molecule has 1 N–H and O–H groups in total. The fourth-order valence-electron chi connectivity index (χ4n) is 6.26. The van der Waals surface area contributed by atoms with Crippen LogP contribution in [0.1, 0.15) is 43.7 Å². The summed E-state index contributed by atoms with van der Waals surface area (Å²) in [5.74, 6) is 0.128. The van der Waals surface area contributed by atoms with Crippen LogP contribution in [0.3, 0.4) is 0 Å². The summed E-state index contributed by atoms with van der Waals surface area (Å²) < 4.78 is 46.5. The third-order valence-corrected chi connectivity index (χ3v) is 11.3. The molecule has 1 atom stereocenters. The van der Waals surface area contributed by atoms with E-state index in [1.165, 1.54) is 37.3 Å². The maximum absolute atomic E-state index is 14.9. The Bertz CT molecular complexity index is 1940. The first kappa shape index (κ1) is 38.8. The van der Waals surface area contributed by atoms with Crippen molar-refractivity contribution in [1.29, 1.82) is 0 Å². The number of nitrogens with one attached hydrogen (secondary N) is 1. The molecule has 0 aliphatic heterocycles. The van der Waals surface area contributed by atoms with Crippen molar-refractivity contribution in [2.75, 3.05) is 31.7 Å². The predicted octanol–water partition coefficient (Wildman–Crippen LogP) is 7.30. The summed E-state index contributed by atoms with van der Waals surface area (Å²) in [5.41, 5.74) is 1.59. The topological polar surface area (TPSA) is 114 Å². The summed E-state index contributed by atoms with van der Waals surface area (Å²) in [6.45, 7) is 1.53. The smallest absolute Gasteiger partial charge is 0.264 e. The minimum absolute atomic E-state index is 0.0207. The van der Waals surface area contributed by atoms with Gasteiger partial charge in [0.05, 0.1) is 31.4 Å². The fourth-order valence-corrected chi connectivity index (χ4v) is 8.16. The molecular formula is C39H43Cl2N3O7S. The van der Waals surface area contributed by atoms with Gasteiger partial charge in [-0.05, 0) is 79.4 Å². The summed E-state index contributed by atoms with van der Waals surface area (Å²) in [7, 11) is -1.55. The van der Waals surface area contributed by atoms with Crippen LogP contribution in [0.5, 0.6) is 17.2 Å². The average Bonchev–Trinajstić information content (AvgIpc) is 3.66. The molecule has 5 rings (SSSR count).